The van der Waals surface area contributed by atoms with Crippen molar-refractivity contribution in [3.05, 3.63) is 76.1 Å². The van der Waals surface area contributed by atoms with Crippen molar-refractivity contribution in [3.63, 3.8) is 0 Å². The number of hydrogen-bond donors (Lipinski definition) is 4. The van der Waals surface area contributed by atoms with Crippen LogP contribution in [-0.2, 0) is 16.0 Å². The number of benzene rings is 1. The number of allylic oxidation sites excluding steroid dienone is 3. The molecule has 2 unspecified atom stereocenters. The van der Waals surface area contributed by atoms with Gasteiger partial charge in [-0.05, 0) is 49.3 Å². The van der Waals surface area contributed by atoms with Gasteiger partial charge in [0.15, 0.2) is 11.5 Å². The maximum atomic E-state index is 12.9. The summed E-state index contributed by atoms with van der Waals surface area (Å²) in [7, 11) is 0. The molecule has 0 bridgehead atoms. The maximum Gasteiger partial charge on any atom is 0.255 e. The number of carbonyl (C=O) groups excluding carboxylic acids is 2. The Bertz CT molecular complexity index is 1230. The average molecular weight is 485 g/mol. The summed E-state index contributed by atoms with van der Waals surface area (Å²) < 4.78 is 0.0445. The van der Waals surface area contributed by atoms with Gasteiger partial charge in [0.05, 0.1) is 5.03 Å². The molecule has 0 fully saturated rings. The summed E-state index contributed by atoms with van der Waals surface area (Å²) in [6.07, 6.45) is 13.8. The number of nitrogen functional groups attached to an aromatic ring is 1. The van der Waals surface area contributed by atoms with Crippen molar-refractivity contribution in [2.45, 2.75) is 30.3 Å². The molecule has 5 rings (SSSR count). The first-order valence-corrected chi connectivity index (χ1v) is 11.6. The van der Waals surface area contributed by atoms with Crippen LogP contribution in [0.2, 0.25) is 0 Å². The van der Waals surface area contributed by atoms with Crippen LogP contribution >= 0.6 is 23.2 Å². The second-order valence-corrected chi connectivity index (χ2v) is 9.50. The van der Waals surface area contributed by atoms with E-state index in [-0.39, 0.29) is 27.7 Å². The van der Waals surface area contributed by atoms with Crippen LogP contribution in [0.3, 0.4) is 0 Å². The van der Waals surface area contributed by atoms with Crippen molar-refractivity contribution < 1.29 is 9.59 Å². The van der Waals surface area contributed by atoms with Gasteiger partial charge >= 0.3 is 0 Å². The minimum absolute atomic E-state index is 0.0134. The normalized spacial score (nSPS) is 30.2. The lowest BCUT2D eigenvalue weighted by Gasteiger charge is -2.48. The van der Waals surface area contributed by atoms with Gasteiger partial charge in [0.2, 0.25) is 5.66 Å². The summed E-state index contributed by atoms with van der Waals surface area (Å²) in [5, 5.41) is 2.24. The quantitative estimate of drug-likeness (QED) is 0.299. The first kappa shape index (κ1) is 22.1. The zero-order chi connectivity index (χ0) is 23.4. The number of anilines is 1. The predicted octanol–water partition coefficient (Wildman–Crippen LogP) is 2.87. The number of aryl methyl sites for hydroxylation is 1. The number of nitrogens with two attached hydrogens (primary N) is 2. The van der Waals surface area contributed by atoms with Crippen molar-refractivity contribution in [2.75, 3.05) is 12.3 Å². The van der Waals surface area contributed by atoms with E-state index in [1.807, 2.05) is 24.4 Å². The van der Waals surface area contributed by atoms with Crippen molar-refractivity contribution >= 4 is 52.3 Å². The highest BCUT2D eigenvalue weighted by molar-refractivity contribution is 6.34. The highest BCUT2D eigenvalue weighted by Gasteiger charge is 2.61. The van der Waals surface area contributed by atoms with Gasteiger partial charge in [-0.1, -0.05) is 17.7 Å². The summed E-state index contributed by atoms with van der Waals surface area (Å²) in [5.41, 5.74) is 20.0. The van der Waals surface area contributed by atoms with Gasteiger partial charge in [0.1, 0.15) is 11.6 Å². The zero-order valence-electron chi connectivity index (χ0n) is 17.8. The fourth-order valence-corrected chi connectivity index (χ4v) is 5.74. The molecule has 33 heavy (non-hydrogen) atoms. The third-order valence-corrected chi connectivity index (χ3v) is 7.41. The Balaban J connectivity index is 1.51. The number of nitrogens with zero attached hydrogens (tertiary/aromatic N) is 1. The third kappa shape index (κ3) is 3.39. The molecule has 0 radical (unpaired) electrons. The number of amides is 1. The molecule has 1 amide bonds. The van der Waals surface area contributed by atoms with Gasteiger partial charge in [0, 0.05) is 47.1 Å². The lowest BCUT2D eigenvalue weighted by molar-refractivity contribution is -0.117. The van der Waals surface area contributed by atoms with E-state index in [1.54, 1.807) is 24.3 Å². The summed E-state index contributed by atoms with van der Waals surface area (Å²) in [6.45, 7) is 0.696. The largest absolute Gasteiger partial charge is 0.399 e. The Kier molecular flexibility index (Phi) is 5.34. The maximum absolute atomic E-state index is 12.9. The van der Waals surface area contributed by atoms with E-state index in [9.17, 15) is 9.59 Å². The minimum atomic E-state index is -1.29. The molecule has 4 aliphatic rings. The molecule has 7 nitrogen and oxygen atoms in total. The van der Waals surface area contributed by atoms with E-state index < -0.39 is 11.0 Å². The van der Waals surface area contributed by atoms with Crippen molar-refractivity contribution in [1.29, 1.82) is 0 Å². The lowest BCUT2D eigenvalue weighted by atomic mass is 9.92. The Hall–Kier alpha value is -2.68. The molecule has 0 saturated heterocycles. The molecular formula is C24H24Cl2N5O2+. The van der Waals surface area contributed by atoms with Gasteiger partial charge in [-0.25, -0.2) is 0 Å². The van der Waals surface area contributed by atoms with Gasteiger partial charge in [-0.2, -0.15) is 10.0 Å². The van der Waals surface area contributed by atoms with E-state index >= 15 is 0 Å². The molecule has 2 aliphatic heterocycles. The van der Waals surface area contributed by atoms with Crippen LogP contribution in [0, 0.1) is 0 Å². The first-order valence-electron chi connectivity index (χ1n) is 10.8. The zero-order valence-corrected chi connectivity index (χ0v) is 19.3. The van der Waals surface area contributed by atoms with Crippen LogP contribution in [0.25, 0.3) is 6.08 Å². The molecule has 0 spiro atoms. The Labute approximate surface area is 201 Å². The molecule has 1 aromatic rings. The Morgan fingerprint density at radius 2 is 2.09 bits per heavy atom. The standard InChI is InChI=1S/C24H23Cl2N5O2/c25-20-12-16(23(33)30-18-3-5-19(32)6-4-18)13-21(26)24(20,28)31-9-7-15-11-17(27)10-14(22(15)31)2-1-8-29-31/h3-5,7,9-13,20,29H,1-2,6,8,27-28H2/p+1/t20?,24?,31-/m1/s1. The highest BCUT2D eigenvalue weighted by Crippen LogP contribution is 2.50. The summed E-state index contributed by atoms with van der Waals surface area (Å²) in [4.78, 5) is 24.3. The number of halogens is 2. The molecule has 1 aromatic carbocycles. The molecule has 170 valence electrons. The second kappa shape index (κ2) is 7.97. The van der Waals surface area contributed by atoms with Crippen LogP contribution in [-0.4, -0.2) is 29.3 Å². The SMILES string of the molecule is Nc1cc2c3c(c1)CCCN[N@+]3(C1(N)C(Cl)=CC(C(=O)NC3=CCC(=O)C=C3)=CC1Cl)C=C2. The molecule has 0 aromatic heterocycles. The fourth-order valence-electron chi connectivity index (χ4n) is 4.91. The average Bonchev–Trinajstić information content (AvgIpc) is 3.04. The lowest BCUT2D eigenvalue weighted by Crippen LogP contribution is -2.77. The fraction of sp³-hybridized carbons (Fsp3) is 0.250. The monoisotopic (exact) mass is 484 g/mol. The van der Waals surface area contributed by atoms with Gasteiger partial charge in [-0.15, -0.1) is 11.6 Å². The first-order chi connectivity index (χ1) is 15.7. The molecule has 2 aliphatic carbocycles. The van der Waals surface area contributed by atoms with Crippen molar-refractivity contribution in [2.24, 2.45) is 5.73 Å². The molecule has 9 heteroatoms. The number of alkyl halides is 1. The van der Waals surface area contributed by atoms with Gasteiger partial charge in [0.25, 0.3) is 5.91 Å². The highest BCUT2D eigenvalue weighted by atomic mass is 35.5. The van der Waals surface area contributed by atoms with Crippen molar-refractivity contribution in [1.82, 2.24) is 15.3 Å². The Morgan fingerprint density at radius 3 is 2.82 bits per heavy atom. The summed E-state index contributed by atoms with van der Waals surface area (Å²) >= 11 is 13.7. The van der Waals surface area contributed by atoms with Crippen molar-refractivity contribution in [3.8, 4) is 0 Å². The van der Waals surface area contributed by atoms with E-state index in [0.717, 1.165) is 29.7 Å². The van der Waals surface area contributed by atoms with E-state index in [0.29, 0.717) is 23.5 Å². The number of quaternary nitrogens is 1. The second-order valence-electron chi connectivity index (χ2n) is 8.63. The number of nitrogens with one attached hydrogen (secondary N) is 2. The van der Waals surface area contributed by atoms with E-state index in [1.165, 1.54) is 6.08 Å². The van der Waals surface area contributed by atoms with Crippen LogP contribution in [0.4, 0.5) is 11.4 Å². The topological polar surface area (TPSA) is 110 Å². The number of carbonyl (C=O) groups is 2. The van der Waals surface area contributed by atoms with Crippen LogP contribution in [0.1, 0.15) is 24.0 Å². The molecule has 6 N–H and O–H groups in total. The number of hydrogen-bond acceptors (Lipinski definition) is 5. The summed E-state index contributed by atoms with van der Waals surface area (Å²) in [6, 6.07) is 3.89. The van der Waals surface area contributed by atoms with Gasteiger partial charge < -0.3 is 11.1 Å². The number of ketones is 1. The van der Waals surface area contributed by atoms with Gasteiger partial charge in [-0.3, -0.25) is 15.3 Å². The molecule has 0 saturated carbocycles. The number of rotatable bonds is 3. The molecular weight excluding hydrogens is 461 g/mol. The van der Waals surface area contributed by atoms with Crippen LogP contribution in [0.15, 0.2) is 65.0 Å². The molecule has 3 atom stereocenters. The molecule has 2 heterocycles. The van der Waals surface area contributed by atoms with E-state index in [2.05, 4.69) is 10.7 Å². The third-order valence-electron chi connectivity index (χ3n) is 6.54. The van der Waals surface area contributed by atoms with Crippen LogP contribution < -0.4 is 26.8 Å². The van der Waals surface area contributed by atoms with Crippen LogP contribution in [0.5, 0.6) is 0 Å². The predicted molar refractivity (Wildman–Crippen MR) is 132 cm³/mol. The smallest absolute Gasteiger partial charge is 0.255 e. The van der Waals surface area contributed by atoms with E-state index in [4.69, 9.17) is 34.7 Å². The Morgan fingerprint density at radius 1 is 1.27 bits per heavy atom. The summed E-state index contributed by atoms with van der Waals surface area (Å²) in [5.74, 6) is -0.388. The minimum Gasteiger partial charge on any atom is -0.399 e.